The third-order valence-electron chi connectivity index (χ3n) is 8.89. The fraction of sp³-hybridized carbons (Fsp3) is 0.0500. The largest absolute Gasteiger partial charge is 0.340 e. The number of carbonyl (C=O) groups excluding carboxylic acids is 2. The Labute approximate surface area is 263 Å². The first kappa shape index (κ1) is 27.4. The van der Waals surface area contributed by atoms with Crippen LogP contribution < -0.4 is 21.8 Å². The second-order valence-corrected chi connectivity index (χ2v) is 11.5. The minimum atomic E-state index is -0.853. The Kier molecular flexibility index (Phi) is 6.43. The average Bonchev–Trinajstić information content (AvgIpc) is 3.11. The molecule has 1 unspecified atom stereocenters. The number of ketones is 2. The Bertz CT molecular complexity index is 2460. The summed E-state index contributed by atoms with van der Waals surface area (Å²) < 4.78 is 2.65. The number of carbonyl (C=O) groups is 2. The zero-order valence-electron chi connectivity index (χ0n) is 24.5. The molecule has 1 heterocycles. The van der Waals surface area contributed by atoms with Crippen LogP contribution in [0.2, 0.25) is 0 Å². The summed E-state index contributed by atoms with van der Waals surface area (Å²) in [6, 6.07) is 41.1. The third kappa shape index (κ3) is 4.34. The van der Waals surface area contributed by atoms with Gasteiger partial charge in [0.05, 0.1) is 33.8 Å². The Morgan fingerprint density at radius 2 is 0.891 bits per heavy atom. The summed E-state index contributed by atoms with van der Waals surface area (Å²) >= 11 is 0. The van der Waals surface area contributed by atoms with Crippen molar-refractivity contribution < 1.29 is 9.59 Å². The quantitative estimate of drug-likeness (QED) is 0.279. The number of hydrogen-bond donors (Lipinski definition) is 0. The van der Waals surface area contributed by atoms with Crippen LogP contribution in [0.25, 0.3) is 45.8 Å². The molecule has 0 bridgehead atoms. The number of benzene rings is 5. The highest BCUT2D eigenvalue weighted by molar-refractivity contribution is 6.19. The van der Waals surface area contributed by atoms with E-state index in [0.29, 0.717) is 27.9 Å². The van der Waals surface area contributed by atoms with E-state index >= 15 is 0 Å². The molecule has 0 N–H and O–H groups in total. The van der Waals surface area contributed by atoms with Gasteiger partial charge in [-0.1, -0.05) is 115 Å². The number of rotatable bonds is 4. The van der Waals surface area contributed by atoms with Crippen molar-refractivity contribution in [3.63, 3.8) is 0 Å². The topological polar surface area (TPSA) is 78.1 Å². The minimum Gasteiger partial charge on any atom is -0.293 e. The first-order valence-electron chi connectivity index (χ1n) is 15.1. The van der Waals surface area contributed by atoms with Gasteiger partial charge in [0.2, 0.25) is 0 Å². The standard InChI is InChI=1S/C40H26N2O4/c43-37-31-19-7-8-20-32(31)38(44)34-24-36-35(23-33(34)37)39(45)42(30-18-10-16-28(22-30)26-13-5-2-6-14-26)40(46)41(36)29-17-9-15-27(21-29)25-11-3-1-4-12-25/h1-24,33-34H/t33?,34-/m0/s1. The number of fused-ring (bicyclic) bond motifs is 3. The van der Waals surface area contributed by atoms with Crippen LogP contribution in [0.15, 0.2) is 143 Å². The molecule has 0 saturated carbocycles. The van der Waals surface area contributed by atoms with Crippen molar-refractivity contribution in [3.05, 3.63) is 176 Å². The summed E-state index contributed by atoms with van der Waals surface area (Å²) in [7, 11) is 0. The minimum absolute atomic E-state index is 0.205. The van der Waals surface area contributed by atoms with Gasteiger partial charge in [-0.25, -0.2) is 9.36 Å². The van der Waals surface area contributed by atoms with Crippen LogP contribution in [0.4, 0.5) is 0 Å². The van der Waals surface area contributed by atoms with E-state index < -0.39 is 23.1 Å². The van der Waals surface area contributed by atoms with Gasteiger partial charge in [-0.2, -0.15) is 0 Å². The van der Waals surface area contributed by atoms with E-state index in [1.54, 1.807) is 42.5 Å². The zero-order chi connectivity index (χ0) is 31.4. The van der Waals surface area contributed by atoms with Crippen LogP contribution in [-0.2, 0) is 0 Å². The summed E-state index contributed by atoms with van der Waals surface area (Å²) in [5.41, 5.74) is 4.17. The highest BCUT2D eigenvalue weighted by atomic mass is 16.2. The summed E-state index contributed by atoms with van der Waals surface area (Å²) in [5.74, 6) is -2.12. The van der Waals surface area contributed by atoms with E-state index in [2.05, 4.69) is 0 Å². The molecule has 0 radical (unpaired) electrons. The molecule has 5 aromatic carbocycles. The maximum Gasteiger partial charge on any atom is 0.340 e. The van der Waals surface area contributed by atoms with Gasteiger partial charge in [-0.05, 0) is 52.6 Å². The van der Waals surface area contributed by atoms with Gasteiger partial charge in [0.25, 0.3) is 5.56 Å². The summed E-state index contributed by atoms with van der Waals surface area (Å²) in [6.45, 7) is 0. The second kappa shape index (κ2) is 10.8. The van der Waals surface area contributed by atoms with E-state index in [9.17, 15) is 19.2 Å². The number of Topliss-reactive ketones (excluding diaryl/α,β-unsaturated/α-hetero) is 2. The number of hydrogen-bond acceptors (Lipinski definition) is 4. The van der Waals surface area contributed by atoms with Crippen molar-refractivity contribution in [2.75, 3.05) is 0 Å². The molecule has 0 spiro atoms. The van der Waals surface area contributed by atoms with Crippen molar-refractivity contribution in [1.29, 1.82) is 0 Å². The number of nitrogens with zero attached hydrogens (tertiary/aromatic N) is 2. The molecular weight excluding hydrogens is 572 g/mol. The first-order valence-corrected chi connectivity index (χ1v) is 15.1. The summed E-state index contributed by atoms with van der Waals surface area (Å²) in [6.07, 6.45) is 3.23. The van der Waals surface area contributed by atoms with E-state index in [0.717, 1.165) is 26.8 Å². The molecule has 6 aromatic rings. The van der Waals surface area contributed by atoms with Gasteiger partial charge >= 0.3 is 5.69 Å². The smallest absolute Gasteiger partial charge is 0.293 e. The molecule has 2 aliphatic rings. The fourth-order valence-electron chi connectivity index (χ4n) is 6.66. The maximum atomic E-state index is 14.6. The van der Waals surface area contributed by atoms with E-state index in [-0.39, 0.29) is 16.8 Å². The molecule has 46 heavy (non-hydrogen) atoms. The van der Waals surface area contributed by atoms with Gasteiger partial charge in [0.1, 0.15) is 0 Å². The lowest BCUT2D eigenvalue weighted by Crippen LogP contribution is -2.60. The van der Waals surface area contributed by atoms with E-state index in [4.69, 9.17) is 0 Å². The molecule has 2 atom stereocenters. The lowest BCUT2D eigenvalue weighted by molar-refractivity contribution is 0.0819. The molecule has 0 amide bonds. The molecular formula is C40H26N2O4. The monoisotopic (exact) mass is 598 g/mol. The Morgan fingerprint density at radius 3 is 1.43 bits per heavy atom. The van der Waals surface area contributed by atoms with Crippen molar-refractivity contribution >= 4 is 23.7 Å². The van der Waals surface area contributed by atoms with Crippen molar-refractivity contribution in [2.24, 2.45) is 11.8 Å². The molecule has 0 aliphatic heterocycles. The molecule has 6 heteroatoms. The Morgan fingerprint density at radius 1 is 0.435 bits per heavy atom. The van der Waals surface area contributed by atoms with Crippen LogP contribution in [-0.4, -0.2) is 20.7 Å². The molecule has 0 fully saturated rings. The molecule has 0 saturated heterocycles. The van der Waals surface area contributed by atoms with Crippen molar-refractivity contribution in [1.82, 2.24) is 9.13 Å². The average molecular weight is 599 g/mol. The third-order valence-corrected chi connectivity index (χ3v) is 8.89. The molecule has 220 valence electrons. The van der Waals surface area contributed by atoms with Crippen LogP contribution in [0.1, 0.15) is 20.7 Å². The van der Waals surface area contributed by atoms with Crippen LogP contribution >= 0.6 is 0 Å². The normalized spacial score (nSPS) is 16.4. The summed E-state index contributed by atoms with van der Waals surface area (Å²) in [5, 5.41) is 0.508. The highest BCUT2D eigenvalue weighted by Crippen LogP contribution is 2.33. The Hall–Kier alpha value is -6.14. The van der Waals surface area contributed by atoms with E-state index in [1.165, 1.54) is 4.57 Å². The molecule has 6 nitrogen and oxygen atoms in total. The maximum absolute atomic E-state index is 14.6. The van der Waals surface area contributed by atoms with Crippen LogP contribution in [0.5, 0.6) is 0 Å². The molecule has 2 aliphatic carbocycles. The van der Waals surface area contributed by atoms with E-state index in [1.807, 2.05) is 103 Å². The first-order chi connectivity index (χ1) is 22.5. The SMILES string of the molecule is O=C1c2ccccc2C(=O)[C@H]2C=c3c(c(=O)n(-c4cccc(-c5ccccc5)c4)c(=O)n3-c3cccc(-c4ccccc4)c3)=CC12. The highest BCUT2D eigenvalue weighted by Gasteiger charge is 2.40. The van der Waals surface area contributed by atoms with Gasteiger partial charge in [0, 0.05) is 11.1 Å². The fourth-order valence-corrected chi connectivity index (χ4v) is 6.66. The van der Waals surface area contributed by atoms with Gasteiger partial charge in [-0.3, -0.25) is 19.0 Å². The van der Waals surface area contributed by atoms with Gasteiger partial charge in [-0.15, -0.1) is 0 Å². The van der Waals surface area contributed by atoms with Gasteiger partial charge in [0.15, 0.2) is 11.6 Å². The van der Waals surface area contributed by atoms with Gasteiger partial charge < -0.3 is 0 Å². The van der Waals surface area contributed by atoms with Crippen LogP contribution in [0.3, 0.4) is 0 Å². The van der Waals surface area contributed by atoms with Crippen molar-refractivity contribution in [3.8, 4) is 33.6 Å². The van der Waals surface area contributed by atoms with Crippen LogP contribution in [0, 0.1) is 11.8 Å². The lowest BCUT2D eigenvalue weighted by atomic mass is 9.72. The Balaban J connectivity index is 1.43. The molecule has 1 aromatic heterocycles. The van der Waals surface area contributed by atoms with Crippen molar-refractivity contribution in [2.45, 2.75) is 0 Å². The molecule has 8 rings (SSSR count). The predicted octanol–water partition coefficient (Wildman–Crippen LogP) is 5.21. The number of aromatic nitrogens is 2. The zero-order valence-corrected chi connectivity index (χ0v) is 24.5. The predicted molar refractivity (Wildman–Crippen MR) is 179 cm³/mol. The lowest BCUT2D eigenvalue weighted by Gasteiger charge is -2.29. The second-order valence-electron chi connectivity index (χ2n) is 11.5. The summed E-state index contributed by atoms with van der Waals surface area (Å²) in [4.78, 5) is 56.4.